The van der Waals surface area contributed by atoms with Crippen molar-refractivity contribution >= 4 is 34.5 Å². The van der Waals surface area contributed by atoms with Gasteiger partial charge in [0.05, 0.1) is 23.7 Å². The lowest BCUT2D eigenvalue weighted by Gasteiger charge is -2.18. The molecule has 0 saturated carbocycles. The summed E-state index contributed by atoms with van der Waals surface area (Å²) in [7, 11) is 0. The maximum absolute atomic E-state index is 12.0. The molecule has 1 N–H and O–H groups in total. The topological polar surface area (TPSA) is 41.6 Å². The summed E-state index contributed by atoms with van der Waals surface area (Å²) in [5.74, 6) is -0.0732. The SMILES string of the molecule is O=C1Cc2cccc(Cl)c2N1OCCNCc1ccsc1. The van der Waals surface area contributed by atoms with Crippen LogP contribution in [-0.4, -0.2) is 19.1 Å². The number of carbonyl (C=O) groups excluding carboxylic acids is 1. The van der Waals surface area contributed by atoms with Gasteiger partial charge in [-0.05, 0) is 34.0 Å². The van der Waals surface area contributed by atoms with E-state index >= 15 is 0 Å². The minimum absolute atomic E-state index is 0.0732. The molecule has 0 unspecified atom stereocenters. The Bertz CT molecular complexity index is 631. The first-order valence-electron chi connectivity index (χ1n) is 6.71. The Morgan fingerprint density at radius 2 is 2.29 bits per heavy atom. The number of hydrogen-bond donors (Lipinski definition) is 1. The Morgan fingerprint density at radius 1 is 1.38 bits per heavy atom. The van der Waals surface area contributed by atoms with Crippen molar-refractivity contribution in [1.82, 2.24) is 5.32 Å². The number of benzene rings is 1. The lowest BCUT2D eigenvalue weighted by molar-refractivity contribution is -0.124. The number of nitrogens with one attached hydrogen (secondary N) is 1. The largest absolute Gasteiger partial charge is 0.310 e. The van der Waals surface area contributed by atoms with E-state index < -0.39 is 0 Å². The number of halogens is 1. The zero-order chi connectivity index (χ0) is 14.7. The molecule has 0 aliphatic carbocycles. The molecule has 2 heterocycles. The van der Waals surface area contributed by atoms with Gasteiger partial charge in [0, 0.05) is 13.1 Å². The van der Waals surface area contributed by atoms with Crippen LogP contribution in [-0.2, 0) is 22.6 Å². The predicted molar refractivity (Wildman–Crippen MR) is 84.6 cm³/mol. The minimum atomic E-state index is -0.0732. The third-order valence-corrected chi connectivity index (χ3v) is 4.29. The molecule has 21 heavy (non-hydrogen) atoms. The van der Waals surface area contributed by atoms with Crippen LogP contribution in [0.15, 0.2) is 35.0 Å². The van der Waals surface area contributed by atoms with Crippen LogP contribution >= 0.6 is 22.9 Å². The first kappa shape index (κ1) is 14.5. The first-order chi connectivity index (χ1) is 10.3. The Hall–Kier alpha value is -1.40. The molecule has 0 bridgehead atoms. The number of hydroxylamine groups is 1. The maximum atomic E-state index is 12.0. The Labute approximate surface area is 132 Å². The molecule has 2 aromatic rings. The fraction of sp³-hybridized carbons (Fsp3) is 0.267. The van der Waals surface area contributed by atoms with Crippen LogP contribution in [0, 0.1) is 0 Å². The van der Waals surface area contributed by atoms with Crippen molar-refractivity contribution in [2.75, 3.05) is 18.2 Å². The van der Waals surface area contributed by atoms with Gasteiger partial charge in [-0.2, -0.15) is 16.4 Å². The smallest absolute Gasteiger partial charge is 0.255 e. The van der Waals surface area contributed by atoms with E-state index in [1.54, 1.807) is 17.4 Å². The number of hydrogen-bond acceptors (Lipinski definition) is 4. The molecule has 3 rings (SSSR count). The second-order valence-electron chi connectivity index (χ2n) is 4.75. The van der Waals surface area contributed by atoms with Crippen molar-refractivity contribution in [3.05, 3.63) is 51.2 Å². The van der Waals surface area contributed by atoms with Gasteiger partial charge >= 0.3 is 0 Å². The fourth-order valence-electron chi connectivity index (χ4n) is 2.26. The van der Waals surface area contributed by atoms with Crippen molar-refractivity contribution < 1.29 is 9.63 Å². The van der Waals surface area contributed by atoms with Crippen molar-refractivity contribution in [3.8, 4) is 0 Å². The van der Waals surface area contributed by atoms with E-state index in [4.69, 9.17) is 16.4 Å². The molecule has 110 valence electrons. The van der Waals surface area contributed by atoms with Crippen molar-refractivity contribution in [1.29, 1.82) is 0 Å². The van der Waals surface area contributed by atoms with Crippen molar-refractivity contribution in [2.24, 2.45) is 0 Å². The summed E-state index contributed by atoms with van der Waals surface area (Å²) < 4.78 is 0. The molecule has 0 radical (unpaired) electrons. The third kappa shape index (κ3) is 3.27. The molecule has 4 nitrogen and oxygen atoms in total. The molecule has 0 fully saturated rings. The average Bonchev–Trinajstić information content (AvgIpc) is 3.07. The molecule has 1 aromatic carbocycles. The van der Waals surface area contributed by atoms with Crippen LogP contribution in [0.25, 0.3) is 0 Å². The van der Waals surface area contributed by atoms with Gasteiger partial charge in [-0.1, -0.05) is 23.7 Å². The van der Waals surface area contributed by atoms with Gasteiger partial charge < -0.3 is 5.32 Å². The van der Waals surface area contributed by atoms with Gasteiger partial charge in [-0.3, -0.25) is 9.63 Å². The zero-order valence-corrected chi connectivity index (χ0v) is 12.9. The summed E-state index contributed by atoms with van der Waals surface area (Å²) in [5, 5.41) is 9.30. The second-order valence-corrected chi connectivity index (χ2v) is 5.94. The summed E-state index contributed by atoms with van der Waals surface area (Å²) in [6.07, 6.45) is 0.345. The van der Waals surface area contributed by atoms with Crippen LogP contribution in [0.4, 0.5) is 5.69 Å². The number of para-hydroxylation sites is 1. The number of carbonyl (C=O) groups is 1. The summed E-state index contributed by atoms with van der Waals surface area (Å²) in [6, 6.07) is 7.60. The number of thiophene rings is 1. The van der Waals surface area contributed by atoms with Gasteiger partial charge in [-0.15, -0.1) is 0 Å². The van der Waals surface area contributed by atoms with Gasteiger partial charge in [0.2, 0.25) is 0 Å². The highest BCUT2D eigenvalue weighted by atomic mass is 35.5. The number of amides is 1. The van der Waals surface area contributed by atoms with E-state index in [0.717, 1.165) is 12.1 Å². The molecule has 1 aliphatic rings. The average molecular weight is 323 g/mol. The lowest BCUT2D eigenvalue weighted by atomic mass is 10.2. The van der Waals surface area contributed by atoms with Crippen LogP contribution < -0.4 is 10.4 Å². The van der Waals surface area contributed by atoms with E-state index in [9.17, 15) is 4.79 Å². The number of anilines is 1. The van der Waals surface area contributed by atoms with E-state index in [1.165, 1.54) is 10.6 Å². The van der Waals surface area contributed by atoms with Crippen LogP contribution in [0.3, 0.4) is 0 Å². The first-order valence-corrected chi connectivity index (χ1v) is 8.03. The van der Waals surface area contributed by atoms with Crippen molar-refractivity contribution in [2.45, 2.75) is 13.0 Å². The van der Waals surface area contributed by atoms with Gasteiger partial charge in [0.25, 0.3) is 5.91 Å². The Balaban J connectivity index is 1.51. The molecule has 0 saturated heterocycles. The highest BCUT2D eigenvalue weighted by molar-refractivity contribution is 7.07. The number of fused-ring (bicyclic) bond motifs is 1. The summed E-state index contributed by atoms with van der Waals surface area (Å²) in [5.41, 5.74) is 2.85. The number of nitrogens with zero attached hydrogens (tertiary/aromatic N) is 1. The quantitative estimate of drug-likeness (QED) is 0.831. The van der Waals surface area contributed by atoms with Crippen LogP contribution in [0.2, 0.25) is 5.02 Å². The van der Waals surface area contributed by atoms with E-state index in [0.29, 0.717) is 30.3 Å². The van der Waals surface area contributed by atoms with Crippen LogP contribution in [0.5, 0.6) is 0 Å². The zero-order valence-electron chi connectivity index (χ0n) is 11.3. The Kier molecular flexibility index (Phi) is 4.55. The van der Waals surface area contributed by atoms with Gasteiger partial charge in [-0.25, -0.2) is 0 Å². The predicted octanol–water partition coefficient (Wildman–Crippen LogP) is 3.01. The molecular formula is C15H15ClN2O2S. The van der Waals surface area contributed by atoms with Gasteiger partial charge in [0.1, 0.15) is 0 Å². The molecule has 0 spiro atoms. The standard InChI is InChI=1S/C15H15ClN2O2S/c16-13-3-1-2-12-8-14(19)18(15(12)13)20-6-5-17-9-11-4-7-21-10-11/h1-4,7,10,17H,5-6,8-9H2. The molecule has 0 atom stereocenters. The normalized spacial score (nSPS) is 13.8. The summed E-state index contributed by atoms with van der Waals surface area (Å²) in [6.45, 7) is 1.89. The van der Waals surface area contributed by atoms with Crippen molar-refractivity contribution in [3.63, 3.8) is 0 Å². The van der Waals surface area contributed by atoms with E-state index in [2.05, 4.69) is 22.1 Å². The number of rotatable bonds is 6. The van der Waals surface area contributed by atoms with Crippen LogP contribution in [0.1, 0.15) is 11.1 Å². The minimum Gasteiger partial charge on any atom is -0.310 e. The molecular weight excluding hydrogens is 308 g/mol. The van der Waals surface area contributed by atoms with Gasteiger partial charge in [0.15, 0.2) is 0 Å². The monoisotopic (exact) mass is 322 g/mol. The van der Waals surface area contributed by atoms with E-state index in [1.807, 2.05) is 12.1 Å². The lowest BCUT2D eigenvalue weighted by Crippen LogP contribution is -2.31. The maximum Gasteiger partial charge on any atom is 0.255 e. The second kappa shape index (κ2) is 6.58. The molecule has 1 aromatic heterocycles. The molecule has 1 amide bonds. The summed E-state index contributed by atoms with van der Waals surface area (Å²) >= 11 is 7.83. The Morgan fingerprint density at radius 3 is 3.10 bits per heavy atom. The fourth-order valence-corrected chi connectivity index (χ4v) is 3.20. The molecule has 1 aliphatic heterocycles. The highest BCUT2D eigenvalue weighted by Crippen LogP contribution is 2.35. The molecule has 6 heteroatoms. The third-order valence-electron chi connectivity index (χ3n) is 3.25. The summed E-state index contributed by atoms with van der Waals surface area (Å²) in [4.78, 5) is 17.5. The highest BCUT2D eigenvalue weighted by Gasteiger charge is 2.30. The van der Waals surface area contributed by atoms with E-state index in [-0.39, 0.29) is 5.91 Å².